The summed E-state index contributed by atoms with van der Waals surface area (Å²) in [5.74, 6) is -0.966. The van der Waals surface area contributed by atoms with E-state index in [2.05, 4.69) is 9.88 Å². The number of benzene rings is 1. The highest BCUT2D eigenvalue weighted by molar-refractivity contribution is 5.84. The van der Waals surface area contributed by atoms with E-state index < -0.39 is 12.0 Å². The Labute approximate surface area is 118 Å². The van der Waals surface area contributed by atoms with Crippen molar-refractivity contribution in [2.75, 3.05) is 20.6 Å². The van der Waals surface area contributed by atoms with E-state index in [1.54, 1.807) is 0 Å². The Balaban J connectivity index is 2.22. The van der Waals surface area contributed by atoms with Crippen LogP contribution in [-0.4, -0.2) is 47.6 Å². The normalized spacial score (nSPS) is 13.0. The summed E-state index contributed by atoms with van der Waals surface area (Å²) in [5.41, 5.74) is 8.87. The van der Waals surface area contributed by atoms with Gasteiger partial charge in [-0.05, 0) is 50.2 Å². The van der Waals surface area contributed by atoms with Crippen molar-refractivity contribution >= 4 is 16.9 Å². The monoisotopic (exact) mass is 275 g/mol. The van der Waals surface area contributed by atoms with Gasteiger partial charge in [-0.3, -0.25) is 4.79 Å². The molecule has 2 aromatic rings. The van der Waals surface area contributed by atoms with E-state index in [1.165, 1.54) is 5.56 Å². The first-order valence-electron chi connectivity index (χ1n) is 6.69. The molecule has 0 aliphatic heterocycles. The fourth-order valence-electron chi connectivity index (χ4n) is 2.24. The van der Waals surface area contributed by atoms with Gasteiger partial charge in [0.1, 0.15) is 6.04 Å². The van der Waals surface area contributed by atoms with Crippen LogP contribution < -0.4 is 5.73 Å². The van der Waals surface area contributed by atoms with Crippen LogP contribution in [0.15, 0.2) is 24.4 Å². The van der Waals surface area contributed by atoms with Gasteiger partial charge in [0, 0.05) is 23.6 Å². The Bertz CT molecular complexity index is 604. The maximum atomic E-state index is 10.8. The molecule has 2 rings (SSSR count). The number of hydrogen-bond donors (Lipinski definition) is 3. The number of hydrogen-bond acceptors (Lipinski definition) is 3. The maximum absolute atomic E-state index is 10.8. The van der Waals surface area contributed by atoms with E-state index in [-0.39, 0.29) is 0 Å². The lowest BCUT2D eigenvalue weighted by atomic mass is 10.0. The van der Waals surface area contributed by atoms with Crippen LogP contribution in [0.2, 0.25) is 0 Å². The molecule has 5 nitrogen and oxygen atoms in total. The number of likely N-dealkylation sites (N-methyl/N-ethyl adjacent to an activating group) is 1. The first-order valence-corrected chi connectivity index (χ1v) is 6.69. The molecule has 1 aromatic heterocycles. The molecule has 5 heteroatoms. The molecule has 108 valence electrons. The number of carboxylic acids is 1. The number of carboxylic acid groups (broad SMARTS) is 1. The molecular weight excluding hydrogens is 254 g/mol. The summed E-state index contributed by atoms with van der Waals surface area (Å²) in [4.78, 5) is 16.2. The SMILES string of the molecule is CN(C)CCc1c[nH]c2ccc(C[C@H](N)C(=O)O)cc12. The minimum absolute atomic E-state index is 0.351. The number of H-pyrrole nitrogens is 1. The summed E-state index contributed by atoms with van der Waals surface area (Å²) in [6, 6.07) is 5.10. The van der Waals surface area contributed by atoms with E-state index in [9.17, 15) is 4.79 Å². The molecule has 0 amide bonds. The van der Waals surface area contributed by atoms with Crippen LogP contribution >= 0.6 is 0 Å². The third-order valence-corrected chi connectivity index (χ3v) is 3.43. The van der Waals surface area contributed by atoms with Crippen molar-refractivity contribution in [3.63, 3.8) is 0 Å². The van der Waals surface area contributed by atoms with Crippen LogP contribution in [0.3, 0.4) is 0 Å². The van der Waals surface area contributed by atoms with Crippen molar-refractivity contribution in [2.45, 2.75) is 18.9 Å². The van der Waals surface area contributed by atoms with E-state index in [0.717, 1.165) is 29.4 Å². The molecule has 0 fully saturated rings. The first-order chi connectivity index (χ1) is 9.47. The predicted molar refractivity (Wildman–Crippen MR) is 79.9 cm³/mol. The number of aromatic amines is 1. The number of aliphatic carboxylic acids is 1. The predicted octanol–water partition coefficient (Wildman–Crippen LogP) is 1.23. The summed E-state index contributed by atoms with van der Waals surface area (Å²) in [6.45, 7) is 0.978. The second kappa shape index (κ2) is 6.07. The largest absolute Gasteiger partial charge is 0.480 e. The van der Waals surface area contributed by atoms with Gasteiger partial charge in [-0.25, -0.2) is 0 Å². The zero-order chi connectivity index (χ0) is 14.7. The molecule has 20 heavy (non-hydrogen) atoms. The van der Waals surface area contributed by atoms with Crippen LogP contribution in [0.4, 0.5) is 0 Å². The fourth-order valence-corrected chi connectivity index (χ4v) is 2.24. The number of rotatable bonds is 6. The highest BCUT2D eigenvalue weighted by Crippen LogP contribution is 2.21. The first kappa shape index (κ1) is 14.6. The van der Waals surface area contributed by atoms with Gasteiger partial charge >= 0.3 is 5.97 Å². The number of nitrogens with two attached hydrogens (primary N) is 1. The third-order valence-electron chi connectivity index (χ3n) is 3.43. The van der Waals surface area contributed by atoms with Crippen LogP contribution in [0.1, 0.15) is 11.1 Å². The van der Waals surface area contributed by atoms with E-state index in [4.69, 9.17) is 10.8 Å². The molecule has 4 N–H and O–H groups in total. The molecular formula is C15H21N3O2. The van der Waals surface area contributed by atoms with E-state index >= 15 is 0 Å². The van der Waals surface area contributed by atoms with Crippen molar-refractivity contribution in [1.82, 2.24) is 9.88 Å². The average molecular weight is 275 g/mol. The highest BCUT2D eigenvalue weighted by Gasteiger charge is 2.13. The van der Waals surface area contributed by atoms with E-state index in [0.29, 0.717) is 6.42 Å². The van der Waals surface area contributed by atoms with Crippen LogP contribution in [0.5, 0.6) is 0 Å². The van der Waals surface area contributed by atoms with Gasteiger partial charge in [0.25, 0.3) is 0 Å². The number of nitrogens with one attached hydrogen (secondary N) is 1. The Kier molecular flexibility index (Phi) is 4.42. The lowest BCUT2D eigenvalue weighted by molar-refractivity contribution is -0.138. The van der Waals surface area contributed by atoms with Gasteiger partial charge in [0.2, 0.25) is 0 Å². The zero-order valence-electron chi connectivity index (χ0n) is 11.9. The molecule has 1 atom stereocenters. The van der Waals surface area contributed by atoms with Gasteiger partial charge in [-0.2, -0.15) is 0 Å². The fraction of sp³-hybridized carbons (Fsp3) is 0.400. The number of fused-ring (bicyclic) bond motifs is 1. The average Bonchev–Trinajstić information content (AvgIpc) is 2.78. The minimum Gasteiger partial charge on any atom is -0.480 e. The molecule has 1 heterocycles. The number of carbonyl (C=O) groups is 1. The van der Waals surface area contributed by atoms with Gasteiger partial charge in [0.05, 0.1) is 0 Å². The molecule has 0 saturated carbocycles. The quantitative estimate of drug-likeness (QED) is 0.740. The zero-order valence-corrected chi connectivity index (χ0v) is 11.9. The second-order valence-electron chi connectivity index (χ2n) is 5.40. The van der Waals surface area contributed by atoms with Gasteiger partial charge < -0.3 is 20.7 Å². The van der Waals surface area contributed by atoms with Crippen LogP contribution in [0, 0.1) is 0 Å². The van der Waals surface area contributed by atoms with Crippen LogP contribution in [0.25, 0.3) is 10.9 Å². The number of nitrogens with zero attached hydrogens (tertiary/aromatic N) is 1. The Morgan fingerprint density at radius 2 is 2.20 bits per heavy atom. The topological polar surface area (TPSA) is 82.3 Å². The summed E-state index contributed by atoms with van der Waals surface area (Å²) >= 11 is 0. The Hall–Kier alpha value is -1.85. The molecule has 0 aliphatic rings. The maximum Gasteiger partial charge on any atom is 0.320 e. The molecule has 0 radical (unpaired) electrons. The third kappa shape index (κ3) is 3.37. The summed E-state index contributed by atoms with van der Waals surface area (Å²) in [7, 11) is 4.10. The van der Waals surface area contributed by atoms with Crippen molar-refractivity contribution in [3.05, 3.63) is 35.5 Å². The standard InChI is InChI=1S/C15H21N3O2/c1-18(2)6-5-11-9-17-14-4-3-10(7-12(11)14)8-13(16)15(19)20/h3-4,7,9,13,17H,5-6,8,16H2,1-2H3,(H,19,20)/t13-/m0/s1. The van der Waals surface area contributed by atoms with Gasteiger partial charge in [-0.1, -0.05) is 6.07 Å². The summed E-state index contributed by atoms with van der Waals surface area (Å²) < 4.78 is 0. The Morgan fingerprint density at radius 1 is 1.45 bits per heavy atom. The summed E-state index contributed by atoms with van der Waals surface area (Å²) in [6.07, 6.45) is 3.33. The highest BCUT2D eigenvalue weighted by atomic mass is 16.4. The molecule has 0 saturated heterocycles. The Morgan fingerprint density at radius 3 is 2.85 bits per heavy atom. The van der Waals surface area contributed by atoms with Crippen molar-refractivity contribution < 1.29 is 9.90 Å². The lowest BCUT2D eigenvalue weighted by Crippen LogP contribution is -2.32. The minimum atomic E-state index is -0.966. The molecule has 0 spiro atoms. The van der Waals surface area contributed by atoms with E-state index in [1.807, 2.05) is 38.5 Å². The van der Waals surface area contributed by atoms with Gasteiger partial charge in [-0.15, -0.1) is 0 Å². The lowest BCUT2D eigenvalue weighted by Gasteiger charge is -2.09. The smallest absolute Gasteiger partial charge is 0.320 e. The molecule has 0 unspecified atom stereocenters. The molecule has 0 bridgehead atoms. The van der Waals surface area contributed by atoms with Crippen LogP contribution in [-0.2, 0) is 17.6 Å². The second-order valence-corrected chi connectivity index (χ2v) is 5.40. The van der Waals surface area contributed by atoms with Crippen molar-refractivity contribution in [3.8, 4) is 0 Å². The van der Waals surface area contributed by atoms with Crippen molar-refractivity contribution in [2.24, 2.45) is 5.73 Å². The van der Waals surface area contributed by atoms with Crippen molar-refractivity contribution in [1.29, 1.82) is 0 Å². The van der Waals surface area contributed by atoms with Gasteiger partial charge in [0.15, 0.2) is 0 Å². The number of aromatic nitrogens is 1. The molecule has 1 aromatic carbocycles. The summed E-state index contributed by atoms with van der Waals surface area (Å²) in [5, 5.41) is 10.0. The molecule has 0 aliphatic carbocycles.